The number of hydrogen-bond acceptors (Lipinski definition) is 3. The molecular formula is C15H14ClF2NO2. The lowest BCUT2D eigenvalue weighted by atomic mass is 10.1. The second kappa shape index (κ2) is 7.24. The molecule has 21 heavy (non-hydrogen) atoms. The van der Waals surface area contributed by atoms with E-state index in [-0.39, 0.29) is 12.4 Å². The Hall–Kier alpha value is -1.85. The topological polar surface area (TPSA) is 41.5 Å². The van der Waals surface area contributed by atoms with E-state index in [1.807, 2.05) is 0 Å². The average molecular weight is 314 g/mol. The number of ether oxygens (including phenoxy) is 1. The zero-order valence-corrected chi connectivity index (χ0v) is 11.7. The minimum atomic E-state index is -2.92. The third-order valence-corrected chi connectivity index (χ3v) is 3.09. The summed E-state index contributed by atoms with van der Waals surface area (Å²) in [5, 5.41) is 13.1. The van der Waals surface area contributed by atoms with Gasteiger partial charge in [0.05, 0.1) is 12.6 Å². The zero-order valence-electron chi connectivity index (χ0n) is 11.0. The third kappa shape index (κ3) is 4.31. The van der Waals surface area contributed by atoms with Crippen LogP contribution in [0.4, 0.5) is 14.5 Å². The van der Waals surface area contributed by atoms with E-state index in [0.717, 1.165) is 0 Å². The number of rotatable bonds is 6. The average Bonchev–Trinajstić information content (AvgIpc) is 2.45. The van der Waals surface area contributed by atoms with E-state index >= 15 is 0 Å². The monoisotopic (exact) mass is 313 g/mol. The number of hydrogen-bond donors (Lipinski definition) is 2. The normalized spacial score (nSPS) is 12.2. The van der Waals surface area contributed by atoms with Crippen LogP contribution in [0.2, 0.25) is 5.02 Å². The fourth-order valence-corrected chi connectivity index (χ4v) is 2.16. The number of anilines is 1. The van der Waals surface area contributed by atoms with Crippen LogP contribution in [-0.4, -0.2) is 18.3 Å². The maximum Gasteiger partial charge on any atom is 0.387 e. The number of alkyl halides is 2. The molecule has 0 aliphatic carbocycles. The summed E-state index contributed by atoms with van der Waals surface area (Å²) in [6, 6.07) is 12.7. The second-order valence-corrected chi connectivity index (χ2v) is 4.74. The van der Waals surface area contributed by atoms with Gasteiger partial charge in [-0.25, -0.2) is 0 Å². The van der Waals surface area contributed by atoms with Gasteiger partial charge >= 0.3 is 6.61 Å². The fourth-order valence-electron chi connectivity index (χ4n) is 1.97. The van der Waals surface area contributed by atoms with Crippen LogP contribution in [0.3, 0.4) is 0 Å². The molecule has 1 atom stereocenters. The molecule has 0 aliphatic rings. The Morgan fingerprint density at radius 2 is 1.90 bits per heavy atom. The molecule has 0 saturated carbocycles. The van der Waals surface area contributed by atoms with Gasteiger partial charge in [-0.05, 0) is 24.3 Å². The van der Waals surface area contributed by atoms with Gasteiger partial charge in [0.1, 0.15) is 5.75 Å². The predicted octanol–water partition coefficient (Wildman–Crippen LogP) is 4.09. The quantitative estimate of drug-likeness (QED) is 0.844. The minimum absolute atomic E-state index is 0.0288. The maximum absolute atomic E-state index is 12.4. The Kier molecular flexibility index (Phi) is 5.36. The van der Waals surface area contributed by atoms with Crippen LogP contribution in [0.1, 0.15) is 11.6 Å². The standard InChI is InChI=1S/C15H14ClF2NO2/c16-10-4-3-5-11(8-10)19-13(9-20)12-6-1-2-7-14(12)21-15(17)18/h1-8,13,15,19-20H,9H2. The molecule has 0 saturated heterocycles. The highest BCUT2D eigenvalue weighted by molar-refractivity contribution is 6.30. The lowest BCUT2D eigenvalue weighted by molar-refractivity contribution is -0.0507. The van der Waals surface area contributed by atoms with Gasteiger partial charge in [0.15, 0.2) is 0 Å². The van der Waals surface area contributed by atoms with Gasteiger partial charge in [-0.3, -0.25) is 0 Å². The lowest BCUT2D eigenvalue weighted by Crippen LogP contribution is -2.17. The summed E-state index contributed by atoms with van der Waals surface area (Å²) in [7, 11) is 0. The van der Waals surface area contributed by atoms with E-state index in [9.17, 15) is 13.9 Å². The van der Waals surface area contributed by atoms with E-state index in [1.54, 1.807) is 42.5 Å². The van der Waals surface area contributed by atoms with Crippen LogP contribution >= 0.6 is 11.6 Å². The van der Waals surface area contributed by atoms with Crippen molar-refractivity contribution in [3.8, 4) is 5.75 Å². The molecule has 0 amide bonds. The molecule has 0 heterocycles. The summed E-state index contributed by atoms with van der Waals surface area (Å²) in [6.45, 7) is -3.20. The van der Waals surface area contributed by atoms with E-state index in [4.69, 9.17) is 11.6 Å². The highest BCUT2D eigenvalue weighted by Crippen LogP contribution is 2.29. The summed E-state index contributed by atoms with van der Waals surface area (Å²) in [5.74, 6) is 0.0288. The highest BCUT2D eigenvalue weighted by Gasteiger charge is 2.17. The van der Waals surface area contributed by atoms with Crippen LogP contribution in [-0.2, 0) is 0 Å². The smallest absolute Gasteiger partial charge is 0.387 e. The van der Waals surface area contributed by atoms with Gasteiger partial charge in [0, 0.05) is 16.3 Å². The summed E-state index contributed by atoms with van der Waals surface area (Å²) in [6.07, 6.45) is 0. The molecule has 112 valence electrons. The van der Waals surface area contributed by atoms with Crippen molar-refractivity contribution in [2.24, 2.45) is 0 Å². The van der Waals surface area contributed by atoms with Crippen molar-refractivity contribution < 1.29 is 18.6 Å². The van der Waals surface area contributed by atoms with Gasteiger partial charge in [0.25, 0.3) is 0 Å². The largest absolute Gasteiger partial charge is 0.434 e. The first-order chi connectivity index (χ1) is 10.1. The fraction of sp³-hybridized carbons (Fsp3) is 0.200. The molecule has 3 nitrogen and oxygen atoms in total. The van der Waals surface area contributed by atoms with E-state index in [1.165, 1.54) is 6.07 Å². The maximum atomic E-state index is 12.4. The first-order valence-electron chi connectivity index (χ1n) is 6.27. The summed E-state index contributed by atoms with van der Waals surface area (Å²) < 4.78 is 29.3. The SMILES string of the molecule is OCC(Nc1cccc(Cl)c1)c1ccccc1OC(F)F. The Balaban J connectivity index is 2.25. The molecule has 6 heteroatoms. The Morgan fingerprint density at radius 3 is 2.57 bits per heavy atom. The molecule has 0 bridgehead atoms. The molecule has 2 rings (SSSR count). The number of para-hydroxylation sites is 1. The molecule has 0 aromatic heterocycles. The summed E-state index contributed by atoms with van der Waals surface area (Å²) >= 11 is 5.89. The number of benzene rings is 2. The van der Waals surface area contributed by atoms with Crippen molar-refractivity contribution in [3.05, 3.63) is 59.1 Å². The summed E-state index contributed by atoms with van der Waals surface area (Å²) in [4.78, 5) is 0. The Labute approximate surface area is 126 Å². The number of aliphatic hydroxyl groups is 1. The molecular weight excluding hydrogens is 300 g/mol. The highest BCUT2D eigenvalue weighted by atomic mass is 35.5. The van der Waals surface area contributed by atoms with Crippen molar-refractivity contribution in [1.29, 1.82) is 0 Å². The molecule has 0 aliphatic heterocycles. The zero-order chi connectivity index (χ0) is 15.2. The third-order valence-electron chi connectivity index (χ3n) is 2.86. The first kappa shape index (κ1) is 15.5. The number of halogens is 3. The molecule has 2 N–H and O–H groups in total. The van der Waals surface area contributed by atoms with Crippen LogP contribution < -0.4 is 10.1 Å². The first-order valence-corrected chi connectivity index (χ1v) is 6.64. The molecule has 0 fully saturated rings. The van der Waals surface area contributed by atoms with Crippen LogP contribution in [0.5, 0.6) is 5.75 Å². The van der Waals surface area contributed by atoms with Gasteiger partial charge < -0.3 is 15.2 Å². The van der Waals surface area contributed by atoms with Crippen molar-refractivity contribution in [1.82, 2.24) is 0 Å². The molecule has 0 spiro atoms. The molecule has 1 unspecified atom stereocenters. The van der Waals surface area contributed by atoms with Crippen molar-refractivity contribution >= 4 is 17.3 Å². The van der Waals surface area contributed by atoms with Crippen LogP contribution in [0, 0.1) is 0 Å². The van der Waals surface area contributed by atoms with Gasteiger partial charge in [-0.15, -0.1) is 0 Å². The molecule has 0 radical (unpaired) electrons. The molecule has 2 aromatic carbocycles. The number of nitrogens with one attached hydrogen (secondary N) is 1. The predicted molar refractivity (Wildman–Crippen MR) is 78.0 cm³/mol. The van der Waals surface area contributed by atoms with E-state index in [0.29, 0.717) is 16.3 Å². The van der Waals surface area contributed by atoms with Gasteiger partial charge in [-0.1, -0.05) is 35.9 Å². The van der Waals surface area contributed by atoms with Crippen molar-refractivity contribution in [2.75, 3.05) is 11.9 Å². The van der Waals surface area contributed by atoms with Gasteiger partial charge in [0.2, 0.25) is 0 Å². The Bertz CT molecular complexity index is 595. The molecule has 2 aromatic rings. The minimum Gasteiger partial charge on any atom is -0.434 e. The lowest BCUT2D eigenvalue weighted by Gasteiger charge is -2.21. The number of aliphatic hydroxyl groups excluding tert-OH is 1. The van der Waals surface area contributed by atoms with E-state index < -0.39 is 12.7 Å². The van der Waals surface area contributed by atoms with Crippen LogP contribution in [0.15, 0.2) is 48.5 Å². The van der Waals surface area contributed by atoms with Gasteiger partial charge in [-0.2, -0.15) is 8.78 Å². The van der Waals surface area contributed by atoms with Crippen molar-refractivity contribution in [2.45, 2.75) is 12.7 Å². The second-order valence-electron chi connectivity index (χ2n) is 4.31. The summed E-state index contributed by atoms with van der Waals surface area (Å²) in [5.41, 5.74) is 1.12. The van der Waals surface area contributed by atoms with Crippen LogP contribution in [0.25, 0.3) is 0 Å². The van der Waals surface area contributed by atoms with Crippen molar-refractivity contribution in [3.63, 3.8) is 0 Å². The van der Waals surface area contributed by atoms with E-state index in [2.05, 4.69) is 10.1 Å². The Morgan fingerprint density at radius 1 is 1.14 bits per heavy atom.